The first-order valence-electron chi connectivity index (χ1n) is 8.23. The quantitative estimate of drug-likeness (QED) is 0.727. The molecule has 3 heterocycles. The van der Waals surface area contributed by atoms with Gasteiger partial charge in [-0.3, -0.25) is 4.79 Å². The third-order valence-corrected chi connectivity index (χ3v) is 4.11. The van der Waals surface area contributed by atoms with E-state index in [2.05, 4.69) is 0 Å². The van der Waals surface area contributed by atoms with E-state index in [0.29, 0.717) is 6.42 Å². The van der Waals surface area contributed by atoms with Gasteiger partial charge in [-0.05, 0) is 34.1 Å². The zero-order valence-corrected chi connectivity index (χ0v) is 14.4. The van der Waals surface area contributed by atoms with Gasteiger partial charge in [0.2, 0.25) is 0 Å². The van der Waals surface area contributed by atoms with Gasteiger partial charge >= 0.3 is 5.97 Å². The summed E-state index contributed by atoms with van der Waals surface area (Å²) in [6.45, 7) is 9.42. The highest BCUT2D eigenvalue weighted by Crippen LogP contribution is 2.44. The standard InChI is InChI=1S/C16H26O7/c1-6-7-10(17)18-8-9-11-12(21-15(2,3)20-11)13-14(19-9)23-16(4,5)22-13/h9,11-14H,6-8H2,1-5H3/t9-,11+,12-,13+,14-/m0/s1. The Morgan fingerprint density at radius 3 is 2.26 bits per heavy atom. The number of ether oxygens (including phenoxy) is 6. The molecule has 3 rings (SSSR count). The molecular formula is C16H26O7. The monoisotopic (exact) mass is 330 g/mol. The SMILES string of the molecule is CCCC(=O)OC[C@@H]1O[C@H]2OC(C)(C)O[C@@H]2[C@H]2OC(C)(C)O[C@@H]21. The Labute approximate surface area is 136 Å². The van der Waals surface area contributed by atoms with Crippen molar-refractivity contribution >= 4 is 5.97 Å². The molecule has 3 saturated heterocycles. The van der Waals surface area contributed by atoms with Crippen molar-refractivity contribution in [3.05, 3.63) is 0 Å². The molecule has 0 radical (unpaired) electrons. The number of carbonyl (C=O) groups is 1. The Kier molecular flexibility index (Phi) is 4.44. The van der Waals surface area contributed by atoms with Crippen LogP contribution in [0.15, 0.2) is 0 Å². The van der Waals surface area contributed by atoms with Gasteiger partial charge in [-0.2, -0.15) is 0 Å². The molecule has 5 atom stereocenters. The van der Waals surface area contributed by atoms with Gasteiger partial charge < -0.3 is 28.4 Å². The molecule has 3 aliphatic heterocycles. The third kappa shape index (κ3) is 3.53. The van der Waals surface area contributed by atoms with Crippen LogP contribution < -0.4 is 0 Å². The van der Waals surface area contributed by atoms with Gasteiger partial charge in [0.1, 0.15) is 31.0 Å². The Bertz CT molecular complexity index is 461. The van der Waals surface area contributed by atoms with Crippen LogP contribution in [0.3, 0.4) is 0 Å². The van der Waals surface area contributed by atoms with Gasteiger partial charge in [0.05, 0.1) is 0 Å². The number of rotatable bonds is 4. The summed E-state index contributed by atoms with van der Waals surface area (Å²) in [6, 6.07) is 0. The molecule has 7 heteroatoms. The molecule has 7 nitrogen and oxygen atoms in total. The summed E-state index contributed by atoms with van der Waals surface area (Å²) in [4.78, 5) is 11.6. The average molecular weight is 330 g/mol. The van der Waals surface area contributed by atoms with Crippen molar-refractivity contribution < 1.29 is 33.2 Å². The summed E-state index contributed by atoms with van der Waals surface area (Å²) < 4.78 is 34.9. The maximum absolute atomic E-state index is 11.6. The lowest BCUT2D eigenvalue weighted by molar-refractivity contribution is -0.242. The molecule has 0 aromatic rings. The predicted octanol–water partition coefficient (Wildman–Crippen LogP) is 1.73. The topological polar surface area (TPSA) is 72.5 Å². The van der Waals surface area contributed by atoms with E-state index in [1.165, 1.54) is 0 Å². The number of esters is 1. The van der Waals surface area contributed by atoms with Crippen LogP contribution in [-0.2, 0) is 33.2 Å². The molecule has 0 N–H and O–H groups in total. The van der Waals surface area contributed by atoms with Crippen molar-refractivity contribution in [2.75, 3.05) is 6.61 Å². The highest BCUT2D eigenvalue weighted by Gasteiger charge is 2.60. The summed E-state index contributed by atoms with van der Waals surface area (Å²) in [5.41, 5.74) is 0. The lowest BCUT2D eigenvalue weighted by Gasteiger charge is -2.36. The minimum Gasteiger partial charge on any atom is -0.463 e. The molecule has 3 fully saturated rings. The van der Waals surface area contributed by atoms with E-state index < -0.39 is 24.0 Å². The molecule has 132 valence electrons. The predicted molar refractivity (Wildman–Crippen MR) is 78.4 cm³/mol. The second-order valence-electron chi connectivity index (χ2n) is 7.14. The van der Waals surface area contributed by atoms with Gasteiger partial charge in [-0.1, -0.05) is 6.92 Å². The van der Waals surface area contributed by atoms with Crippen LogP contribution in [-0.4, -0.2) is 54.9 Å². The molecule has 0 bridgehead atoms. The molecule has 23 heavy (non-hydrogen) atoms. The fourth-order valence-electron chi connectivity index (χ4n) is 3.28. The zero-order chi connectivity index (χ0) is 16.8. The number of carbonyl (C=O) groups excluding carboxylic acids is 1. The van der Waals surface area contributed by atoms with Crippen molar-refractivity contribution in [2.45, 2.75) is 89.7 Å². The number of hydrogen-bond donors (Lipinski definition) is 0. The molecule has 0 spiro atoms. The summed E-state index contributed by atoms with van der Waals surface area (Å²) in [7, 11) is 0. The smallest absolute Gasteiger partial charge is 0.305 e. The average Bonchev–Trinajstić information content (AvgIpc) is 2.90. The van der Waals surface area contributed by atoms with E-state index in [1.807, 2.05) is 34.6 Å². The second kappa shape index (κ2) is 5.97. The summed E-state index contributed by atoms with van der Waals surface area (Å²) >= 11 is 0. The van der Waals surface area contributed by atoms with Gasteiger partial charge in [-0.15, -0.1) is 0 Å². The lowest BCUT2D eigenvalue weighted by atomic mass is 9.99. The maximum Gasteiger partial charge on any atom is 0.305 e. The first-order chi connectivity index (χ1) is 10.7. The molecular weight excluding hydrogens is 304 g/mol. The van der Waals surface area contributed by atoms with Crippen LogP contribution in [0.5, 0.6) is 0 Å². The molecule has 0 unspecified atom stereocenters. The van der Waals surface area contributed by atoms with Crippen molar-refractivity contribution in [2.24, 2.45) is 0 Å². The van der Waals surface area contributed by atoms with E-state index in [9.17, 15) is 4.79 Å². The van der Waals surface area contributed by atoms with Crippen molar-refractivity contribution in [1.29, 1.82) is 0 Å². The normalized spacial score (nSPS) is 40.5. The molecule has 0 amide bonds. The Hall–Kier alpha value is -0.730. The van der Waals surface area contributed by atoms with Crippen LogP contribution >= 0.6 is 0 Å². The fourth-order valence-corrected chi connectivity index (χ4v) is 3.28. The second-order valence-corrected chi connectivity index (χ2v) is 7.14. The Balaban J connectivity index is 1.72. The van der Waals surface area contributed by atoms with Crippen LogP contribution in [0.1, 0.15) is 47.5 Å². The van der Waals surface area contributed by atoms with E-state index in [-0.39, 0.29) is 30.9 Å². The maximum atomic E-state index is 11.6. The summed E-state index contributed by atoms with van der Waals surface area (Å²) in [5.74, 6) is -1.73. The molecule has 0 aromatic carbocycles. The van der Waals surface area contributed by atoms with E-state index >= 15 is 0 Å². The first-order valence-corrected chi connectivity index (χ1v) is 8.23. The van der Waals surface area contributed by atoms with Crippen LogP contribution in [0, 0.1) is 0 Å². The van der Waals surface area contributed by atoms with Crippen LogP contribution in [0.25, 0.3) is 0 Å². The first kappa shape index (κ1) is 17.1. The number of hydrogen-bond acceptors (Lipinski definition) is 7. The van der Waals surface area contributed by atoms with Gasteiger partial charge in [0, 0.05) is 6.42 Å². The largest absolute Gasteiger partial charge is 0.463 e. The lowest BCUT2D eigenvalue weighted by Crippen LogP contribution is -2.56. The zero-order valence-electron chi connectivity index (χ0n) is 14.4. The molecule has 0 aliphatic carbocycles. The van der Waals surface area contributed by atoms with Gasteiger partial charge in [0.25, 0.3) is 0 Å². The van der Waals surface area contributed by atoms with E-state index in [4.69, 9.17) is 28.4 Å². The van der Waals surface area contributed by atoms with Crippen LogP contribution in [0.4, 0.5) is 0 Å². The van der Waals surface area contributed by atoms with Crippen molar-refractivity contribution in [3.63, 3.8) is 0 Å². The van der Waals surface area contributed by atoms with E-state index in [0.717, 1.165) is 6.42 Å². The van der Waals surface area contributed by atoms with E-state index in [1.54, 1.807) is 0 Å². The van der Waals surface area contributed by atoms with Crippen LogP contribution in [0.2, 0.25) is 0 Å². The van der Waals surface area contributed by atoms with Crippen molar-refractivity contribution in [1.82, 2.24) is 0 Å². The highest BCUT2D eigenvalue weighted by atomic mass is 16.9. The van der Waals surface area contributed by atoms with Gasteiger partial charge in [0.15, 0.2) is 17.9 Å². The van der Waals surface area contributed by atoms with Gasteiger partial charge in [-0.25, -0.2) is 0 Å². The fraction of sp³-hybridized carbons (Fsp3) is 0.938. The Morgan fingerprint density at radius 2 is 1.57 bits per heavy atom. The summed E-state index contributed by atoms with van der Waals surface area (Å²) in [6.07, 6.45) is -0.903. The minimum atomic E-state index is -0.746. The summed E-state index contributed by atoms with van der Waals surface area (Å²) in [5, 5.41) is 0. The number of fused-ring (bicyclic) bond motifs is 3. The molecule has 3 aliphatic rings. The van der Waals surface area contributed by atoms with Crippen molar-refractivity contribution in [3.8, 4) is 0 Å². The Morgan fingerprint density at radius 1 is 0.957 bits per heavy atom. The molecule has 0 saturated carbocycles. The third-order valence-electron chi connectivity index (χ3n) is 4.11. The highest BCUT2D eigenvalue weighted by molar-refractivity contribution is 5.69. The minimum absolute atomic E-state index is 0.118. The molecule has 0 aromatic heterocycles.